The first-order valence-electron chi connectivity index (χ1n) is 10.2. The van der Waals surface area contributed by atoms with E-state index in [1.54, 1.807) is 11.3 Å². The van der Waals surface area contributed by atoms with Gasteiger partial charge in [-0.25, -0.2) is 0 Å². The third-order valence-corrected chi connectivity index (χ3v) is 5.56. The summed E-state index contributed by atoms with van der Waals surface area (Å²) < 4.78 is 11.5. The van der Waals surface area contributed by atoms with E-state index in [-0.39, 0.29) is 0 Å². The number of rotatable bonds is 10. The Balaban J connectivity index is 1.61. The Morgan fingerprint density at radius 2 is 1.00 bits per heavy atom. The molecule has 0 aliphatic heterocycles. The summed E-state index contributed by atoms with van der Waals surface area (Å²) >= 11 is 1.80. The standard InChI is InChI=1S/C26H28O2S/c1-3-5-7-19-27-23-13-9-21(10-14-23)25-17-18-26(29-25)22-11-15-24(16-12-22)28-20-8-6-4-2/h5-18H,3-4,19-20H2,1-2H3/b7-5+,8-6+. The molecule has 0 fully saturated rings. The fourth-order valence-electron chi connectivity index (χ4n) is 2.84. The first-order chi connectivity index (χ1) is 14.3. The third kappa shape index (κ3) is 6.37. The van der Waals surface area contributed by atoms with Gasteiger partial charge in [-0.05, 0) is 84.6 Å². The van der Waals surface area contributed by atoms with Gasteiger partial charge < -0.3 is 9.47 Å². The van der Waals surface area contributed by atoms with E-state index in [4.69, 9.17) is 9.47 Å². The van der Waals surface area contributed by atoms with Crippen molar-refractivity contribution < 1.29 is 9.47 Å². The fraction of sp³-hybridized carbons (Fsp3) is 0.231. The molecule has 0 N–H and O–H groups in total. The van der Waals surface area contributed by atoms with Gasteiger partial charge in [-0.2, -0.15) is 0 Å². The van der Waals surface area contributed by atoms with Crippen LogP contribution in [0.25, 0.3) is 20.9 Å². The molecule has 0 radical (unpaired) electrons. The fourth-order valence-corrected chi connectivity index (χ4v) is 3.85. The lowest BCUT2D eigenvalue weighted by Crippen LogP contribution is -1.92. The highest BCUT2D eigenvalue weighted by Gasteiger charge is 2.06. The van der Waals surface area contributed by atoms with Crippen LogP contribution >= 0.6 is 11.3 Å². The minimum atomic E-state index is 0.616. The minimum Gasteiger partial charge on any atom is -0.490 e. The van der Waals surface area contributed by atoms with Crippen LogP contribution in [0.2, 0.25) is 0 Å². The number of ether oxygens (including phenoxy) is 2. The number of allylic oxidation sites excluding steroid dienone is 2. The third-order valence-electron chi connectivity index (χ3n) is 4.38. The van der Waals surface area contributed by atoms with E-state index in [1.165, 1.54) is 20.9 Å². The second-order valence-corrected chi connectivity index (χ2v) is 7.68. The second kappa shape index (κ2) is 11.3. The van der Waals surface area contributed by atoms with Gasteiger partial charge in [0.2, 0.25) is 0 Å². The Bertz CT molecular complexity index is 842. The highest BCUT2D eigenvalue weighted by molar-refractivity contribution is 7.18. The number of benzene rings is 2. The maximum absolute atomic E-state index is 5.73. The first kappa shape index (κ1) is 20.9. The molecule has 0 unspecified atom stereocenters. The van der Waals surface area contributed by atoms with E-state index < -0.39 is 0 Å². The highest BCUT2D eigenvalue weighted by atomic mass is 32.1. The maximum atomic E-state index is 5.73. The van der Waals surface area contributed by atoms with Crippen molar-refractivity contribution in [3.05, 3.63) is 85.0 Å². The van der Waals surface area contributed by atoms with E-state index in [1.807, 2.05) is 24.3 Å². The second-order valence-electron chi connectivity index (χ2n) is 6.59. The molecular formula is C26H28O2S. The molecule has 1 heterocycles. The van der Waals surface area contributed by atoms with Crippen molar-refractivity contribution in [2.75, 3.05) is 13.2 Å². The summed E-state index contributed by atoms with van der Waals surface area (Å²) in [5, 5.41) is 0. The monoisotopic (exact) mass is 404 g/mol. The van der Waals surface area contributed by atoms with Crippen LogP contribution in [-0.2, 0) is 0 Å². The van der Waals surface area contributed by atoms with E-state index in [2.05, 4.69) is 74.5 Å². The summed E-state index contributed by atoms with van der Waals surface area (Å²) in [7, 11) is 0. The average Bonchev–Trinajstić information content (AvgIpc) is 3.25. The van der Waals surface area contributed by atoms with Crippen molar-refractivity contribution in [1.82, 2.24) is 0 Å². The lowest BCUT2D eigenvalue weighted by atomic mass is 10.1. The zero-order valence-corrected chi connectivity index (χ0v) is 18.0. The van der Waals surface area contributed by atoms with Crippen molar-refractivity contribution in [3.8, 4) is 32.4 Å². The molecule has 1 aromatic heterocycles. The van der Waals surface area contributed by atoms with Crippen LogP contribution in [0, 0.1) is 0 Å². The maximum Gasteiger partial charge on any atom is 0.119 e. The van der Waals surface area contributed by atoms with E-state index in [0.717, 1.165) is 24.3 Å². The Morgan fingerprint density at radius 1 is 0.586 bits per heavy atom. The largest absolute Gasteiger partial charge is 0.490 e. The molecule has 0 aliphatic rings. The van der Waals surface area contributed by atoms with Crippen LogP contribution in [0.15, 0.2) is 85.0 Å². The van der Waals surface area contributed by atoms with E-state index in [9.17, 15) is 0 Å². The molecule has 0 aliphatic carbocycles. The van der Waals surface area contributed by atoms with Gasteiger partial charge in [-0.15, -0.1) is 11.3 Å². The Morgan fingerprint density at radius 3 is 1.38 bits per heavy atom. The molecular weight excluding hydrogens is 376 g/mol. The topological polar surface area (TPSA) is 18.5 Å². The number of hydrogen-bond acceptors (Lipinski definition) is 3. The van der Waals surface area contributed by atoms with Gasteiger partial charge in [0.05, 0.1) is 0 Å². The number of thiophene rings is 1. The summed E-state index contributed by atoms with van der Waals surface area (Å²) in [5.74, 6) is 1.80. The lowest BCUT2D eigenvalue weighted by Gasteiger charge is -2.05. The molecule has 0 saturated heterocycles. The SMILES string of the molecule is CC/C=C/COc1ccc(-c2ccc(-c3ccc(OC/C=C/CC)cc3)s2)cc1. The van der Waals surface area contributed by atoms with Crippen molar-refractivity contribution in [3.63, 3.8) is 0 Å². The first-order valence-corrected chi connectivity index (χ1v) is 11.0. The molecule has 29 heavy (non-hydrogen) atoms. The summed E-state index contributed by atoms with van der Waals surface area (Å²) in [6.07, 6.45) is 10.4. The van der Waals surface area contributed by atoms with Crippen LogP contribution in [0.3, 0.4) is 0 Å². The molecule has 0 bridgehead atoms. The van der Waals surface area contributed by atoms with Crippen LogP contribution < -0.4 is 9.47 Å². The molecule has 2 nitrogen and oxygen atoms in total. The van der Waals surface area contributed by atoms with Gasteiger partial charge in [0.1, 0.15) is 24.7 Å². The summed E-state index contributed by atoms with van der Waals surface area (Å²) in [6.45, 7) is 5.47. The van der Waals surface area contributed by atoms with Gasteiger partial charge in [0.15, 0.2) is 0 Å². The predicted molar refractivity (Wildman–Crippen MR) is 125 cm³/mol. The smallest absolute Gasteiger partial charge is 0.119 e. The van der Waals surface area contributed by atoms with Gasteiger partial charge in [-0.3, -0.25) is 0 Å². The Hall–Kier alpha value is -2.78. The van der Waals surface area contributed by atoms with Crippen LogP contribution in [0.5, 0.6) is 11.5 Å². The molecule has 150 valence electrons. The Kier molecular flexibility index (Phi) is 8.14. The minimum absolute atomic E-state index is 0.616. The molecule has 3 heteroatoms. The quantitative estimate of drug-likeness (QED) is 0.321. The van der Waals surface area contributed by atoms with Gasteiger partial charge in [0, 0.05) is 9.75 Å². The molecule has 2 aromatic carbocycles. The highest BCUT2D eigenvalue weighted by Crippen LogP contribution is 2.35. The van der Waals surface area contributed by atoms with Crippen LogP contribution in [-0.4, -0.2) is 13.2 Å². The van der Waals surface area contributed by atoms with Crippen LogP contribution in [0.4, 0.5) is 0 Å². The average molecular weight is 405 g/mol. The zero-order valence-electron chi connectivity index (χ0n) is 17.1. The summed E-state index contributed by atoms with van der Waals surface area (Å²) in [5.41, 5.74) is 2.42. The van der Waals surface area contributed by atoms with Gasteiger partial charge in [0.25, 0.3) is 0 Å². The summed E-state index contributed by atoms with van der Waals surface area (Å²) in [6, 6.07) is 21.0. The van der Waals surface area contributed by atoms with E-state index >= 15 is 0 Å². The predicted octanol–water partition coefficient (Wildman–Crippen LogP) is 7.77. The van der Waals surface area contributed by atoms with Gasteiger partial charge in [-0.1, -0.05) is 38.2 Å². The van der Waals surface area contributed by atoms with Crippen LogP contribution in [0.1, 0.15) is 26.7 Å². The molecule has 3 rings (SSSR count). The van der Waals surface area contributed by atoms with Crippen molar-refractivity contribution in [2.24, 2.45) is 0 Å². The molecule has 0 saturated carbocycles. The normalized spacial score (nSPS) is 11.4. The molecule has 0 spiro atoms. The molecule has 3 aromatic rings. The summed E-state index contributed by atoms with van der Waals surface area (Å²) in [4.78, 5) is 2.50. The van der Waals surface area contributed by atoms with Crippen molar-refractivity contribution >= 4 is 11.3 Å². The zero-order chi connectivity index (χ0) is 20.3. The molecule has 0 atom stereocenters. The molecule has 0 amide bonds. The lowest BCUT2D eigenvalue weighted by molar-refractivity contribution is 0.362. The van der Waals surface area contributed by atoms with Crippen molar-refractivity contribution in [2.45, 2.75) is 26.7 Å². The van der Waals surface area contributed by atoms with E-state index in [0.29, 0.717) is 13.2 Å². The van der Waals surface area contributed by atoms with Gasteiger partial charge >= 0.3 is 0 Å². The number of hydrogen-bond donors (Lipinski definition) is 0. The van der Waals surface area contributed by atoms with Crippen molar-refractivity contribution in [1.29, 1.82) is 0 Å². The Labute approximate surface area is 178 Å².